The van der Waals surface area contributed by atoms with E-state index in [0.717, 1.165) is 15.6 Å². The van der Waals surface area contributed by atoms with Crippen LogP contribution in [-0.4, -0.2) is 16.3 Å². The minimum absolute atomic E-state index is 0.598. The number of benzene rings is 1. The summed E-state index contributed by atoms with van der Waals surface area (Å²) in [6.45, 7) is 6.01. The maximum absolute atomic E-state index is 11.9. The molecule has 1 heterocycles. The molecule has 17 heavy (non-hydrogen) atoms. The highest BCUT2D eigenvalue weighted by Gasteiger charge is 2.14. The normalized spacial score (nSPS) is 13.9. The highest BCUT2D eigenvalue weighted by Crippen LogP contribution is 2.38. The Morgan fingerprint density at radius 2 is 1.94 bits per heavy atom. The Balaban J connectivity index is 0.000000686. The standard InChI is InChI=1S/C11H11ClOS2.C2H6/c1-7-4-5-9-8(6-7)10(12)11(14-9)15(2,3)13;1-2/h4-6H,2H2,1,3H3;1-2H3. The van der Waals surface area contributed by atoms with Crippen LogP contribution in [0.25, 0.3) is 10.1 Å². The topological polar surface area (TPSA) is 17.1 Å². The summed E-state index contributed by atoms with van der Waals surface area (Å²) in [6.07, 6.45) is 1.62. The summed E-state index contributed by atoms with van der Waals surface area (Å²) < 4.78 is 13.6. The van der Waals surface area contributed by atoms with Gasteiger partial charge in [-0.05, 0) is 24.9 Å². The second kappa shape index (κ2) is 5.42. The van der Waals surface area contributed by atoms with Crippen LogP contribution in [0.2, 0.25) is 5.02 Å². The van der Waals surface area contributed by atoms with Crippen LogP contribution in [-0.2, 0) is 9.52 Å². The van der Waals surface area contributed by atoms with Crippen LogP contribution >= 0.6 is 22.9 Å². The van der Waals surface area contributed by atoms with Crippen molar-refractivity contribution >= 4 is 48.4 Å². The van der Waals surface area contributed by atoms with E-state index in [1.807, 2.05) is 39.0 Å². The molecule has 2 rings (SSSR count). The zero-order chi connectivity index (χ0) is 13.2. The molecular formula is C13H17ClOS2. The van der Waals surface area contributed by atoms with Gasteiger partial charge in [-0.25, -0.2) is 0 Å². The fourth-order valence-corrected chi connectivity index (χ4v) is 4.52. The largest absolute Gasteiger partial charge is 0.263 e. The molecule has 0 amide bonds. The van der Waals surface area contributed by atoms with E-state index in [0.29, 0.717) is 9.23 Å². The van der Waals surface area contributed by atoms with Crippen molar-refractivity contribution < 1.29 is 4.21 Å². The van der Waals surface area contributed by atoms with Crippen molar-refractivity contribution in [3.05, 3.63) is 28.8 Å². The summed E-state index contributed by atoms with van der Waals surface area (Å²) in [5.41, 5.74) is 1.15. The molecule has 0 saturated carbocycles. The lowest BCUT2D eigenvalue weighted by Gasteiger charge is -1.97. The van der Waals surface area contributed by atoms with Gasteiger partial charge < -0.3 is 0 Å². The molecule has 1 unspecified atom stereocenters. The van der Waals surface area contributed by atoms with Crippen LogP contribution in [0.3, 0.4) is 0 Å². The molecule has 1 aromatic heterocycles. The quantitative estimate of drug-likeness (QED) is 0.701. The Morgan fingerprint density at radius 1 is 1.35 bits per heavy atom. The number of hydrogen-bond acceptors (Lipinski definition) is 2. The summed E-state index contributed by atoms with van der Waals surface area (Å²) >= 11 is 7.67. The first kappa shape index (κ1) is 14.6. The summed E-state index contributed by atoms with van der Waals surface area (Å²) in [7, 11) is -2.22. The SMILES string of the molecule is C=S(C)(=O)c1sc2ccc(C)cc2c1Cl.CC. The minimum atomic E-state index is -2.22. The highest BCUT2D eigenvalue weighted by atomic mass is 35.5. The molecule has 94 valence electrons. The predicted octanol–water partition coefficient (Wildman–Crippen LogP) is 4.59. The maximum Gasteiger partial charge on any atom is 0.102 e. The second-order valence-corrected chi connectivity index (χ2v) is 7.81. The van der Waals surface area contributed by atoms with Gasteiger partial charge in [-0.3, -0.25) is 4.21 Å². The molecule has 4 heteroatoms. The van der Waals surface area contributed by atoms with Gasteiger partial charge in [0.25, 0.3) is 0 Å². The molecule has 0 fully saturated rings. The van der Waals surface area contributed by atoms with E-state index in [1.54, 1.807) is 6.26 Å². The number of thiophene rings is 1. The lowest BCUT2D eigenvalue weighted by atomic mass is 10.2. The van der Waals surface area contributed by atoms with Crippen molar-refractivity contribution in [1.82, 2.24) is 0 Å². The Labute approximate surface area is 112 Å². The third kappa shape index (κ3) is 3.03. The van der Waals surface area contributed by atoms with E-state index >= 15 is 0 Å². The molecule has 1 nitrogen and oxygen atoms in total. The fraction of sp³-hybridized carbons (Fsp3) is 0.308. The predicted molar refractivity (Wildman–Crippen MR) is 82.4 cm³/mol. The molecule has 1 atom stereocenters. The third-order valence-corrected chi connectivity index (χ3v) is 6.02. The molecule has 0 radical (unpaired) electrons. The summed E-state index contributed by atoms with van der Waals surface area (Å²) in [5, 5.41) is 1.58. The van der Waals surface area contributed by atoms with Gasteiger partial charge in [-0.1, -0.05) is 37.1 Å². The monoisotopic (exact) mass is 288 g/mol. The first-order valence-electron chi connectivity index (χ1n) is 5.40. The Morgan fingerprint density at radius 3 is 2.47 bits per heavy atom. The molecule has 0 spiro atoms. The van der Waals surface area contributed by atoms with E-state index in [1.165, 1.54) is 11.3 Å². The van der Waals surface area contributed by atoms with Crippen molar-refractivity contribution in [3.8, 4) is 0 Å². The Bertz CT molecular complexity index is 624. The summed E-state index contributed by atoms with van der Waals surface area (Å²) in [6, 6.07) is 6.05. The van der Waals surface area contributed by atoms with Crippen LogP contribution in [0.1, 0.15) is 19.4 Å². The van der Waals surface area contributed by atoms with E-state index in [-0.39, 0.29) is 0 Å². The van der Waals surface area contributed by atoms with Gasteiger partial charge in [-0.2, -0.15) is 0 Å². The van der Waals surface area contributed by atoms with Gasteiger partial charge in [0.2, 0.25) is 0 Å². The third-order valence-electron chi connectivity index (χ3n) is 2.15. The van der Waals surface area contributed by atoms with Gasteiger partial charge in [0.1, 0.15) is 4.21 Å². The Hall–Kier alpha value is -0.510. The lowest BCUT2D eigenvalue weighted by Crippen LogP contribution is -1.92. The maximum atomic E-state index is 11.9. The van der Waals surface area contributed by atoms with Crippen LogP contribution in [0, 0.1) is 6.92 Å². The molecule has 1 aromatic carbocycles. The Kier molecular flexibility index (Phi) is 4.64. The molecule has 2 aromatic rings. The van der Waals surface area contributed by atoms with E-state index in [2.05, 4.69) is 5.87 Å². The summed E-state index contributed by atoms with van der Waals surface area (Å²) in [5.74, 6) is 3.67. The van der Waals surface area contributed by atoms with Crippen LogP contribution in [0.4, 0.5) is 0 Å². The smallest absolute Gasteiger partial charge is 0.102 e. The number of hydrogen-bond donors (Lipinski definition) is 0. The van der Waals surface area contributed by atoms with Gasteiger partial charge in [-0.15, -0.1) is 11.3 Å². The average Bonchev–Trinajstić information content (AvgIpc) is 2.59. The number of aryl methyl sites for hydroxylation is 1. The van der Waals surface area contributed by atoms with Crippen molar-refractivity contribution in [2.45, 2.75) is 25.0 Å². The van der Waals surface area contributed by atoms with Gasteiger partial charge in [0.15, 0.2) is 0 Å². The molecule has 0 N–H and O–H groups in total. The molecule has 0 aliphatic heterocycles. The average molecular weight is 289 g/mol. The zero-order valence-corrected chi connectivity index (χ0v) is 12.9. The number of rotatable bonds is 1. The van der Waals surface area contributed by atoms with Crippen LogP contribution in [0.5, 0.6) is 0 Å². The first-order valence-corrected chi connectivity index (χ1v) is 8.73. The van der Waals surface area contributed by atoms with Crippen LogP contribution < -0.4 is 0 Å². The molecule has 0 aliphatic carbocycles. The van der Waals surface area contributed by atoms with E-state index in [4.69, 9.17) is 11.6 Å². The molecule has 0 saturated heterocycles. The zero-order valence-electron chi connectivity index (χ0n) is 10.5. The number of fused-ring (bicyclic) bond motifs is 1. The lowest BCUT2D eigenvalue weighted by molar-refractivity contribution is 0.686. The van der Waals surface area contributed by atoms with Crippen molar-refractivity contribution in [1.29, 1.82) is 0 Å². The second-order valence-electron chi connectivity index (χ2n) is 3.71. The van der Waals surface area contributed by atoms with Gasteiger partial charge in [0.05, 0.1) is 5.02 Å². The number of halogens is 1. The molecule has 0 aliphatic rings. The summed E-state index contributed by atoms with van der Waals surface area (Å²) in [4.78, 5) is 0. The van der Waals surface area contributed by atoms with E-state index in [9.17, 15) is 4.21 Å². The van der Waals surface area contributed by atoms with Gasteiger partial charge in [0, 0.05) is 25.9 Å². The van der Waals surface area contributed by atoms with Gasteiger partial charge >= 0.3 is 0 Å². The van der Waals surface area contributed by atoms with Crippen LogP contribution in [0.15, 0.2) is 22.4 Å². The fourth-order valence-electron chi connectivity index (χ4n) is 1.44. The highest BCUT2D eigenvalue weighted by molar-refractivity contribution is 8.01. The van der Waals surface area contributed by atoms with E-state index < -0.39 is 9.52 Å². The minimum Gasteiger partial charge on any atom is -0.263 e. The molecule has 0 bridgehead atoms. The van der Waals surface area contributed by atoms with Crippen molar-refractivity contribution in [2.24, 2.45) is 0 Å². The van der Waals surface area contributed by atoms with Crippen molar-refractivity contribution in [3.63, 3.8) is 0 Å². The first-order chi connectivity index (χ1) is 7.89. The van der Waals surface area contributed by atoms with Crippen molar-refractivity contribution in [2.75, 3.05) is 6.26 Å². The molecular weight excluding hydrogens is 272 g/mol.